The van der Waals surface area contributed by atoms with E-state index in [2.05, 4.69) is 16.3 Å². The van der Waals surface area contributed by atoms with Gasteiger partial charge in [0.1, 0.15) is 6.33 Å². The molecule has 0 saturated carbocycles. The number of hydrogen-bond donors (Lipinski definition) is 0. The highest BCUT2D eigenvalue weighted by atomic mass is 32.2. The molecule has 0 saturated heterocycles. The Morgan fingerprint density at radius 2 is 2.14 bits per heavy atom. The zero-order valence-electron chi connectivity index (χ0n) is 15.6. The average molecular weight is 408 g/mol. The van der Waals surface area contributed by atoms with Gasteiger partial charge in [0.15, 0.2) is 5.16 Å². The Morgan fingerprint density at radius 1 is 1.34 bits per heavy atom. The molecule has 1 heterocycles. The summed E-state index contributed by atoms with van der Waals surface area (Å²) in [5.74, 6) is -0.356. The number of nitro groups is 1. The van der Waals surface area contributed by atoms with Crippen molar-refractivity contribution in [3.63, 3.8) is 0 Å². The smallest absolute Gasteiger partial charge is 0.284 e. The average Bonchev–Trinajstić information content (AvgIpc) is 3.12. The molecule has 0 aliphatic carbocycles. The quantitative estimate of drug-likeness (QED) is 0.454. The highest BCUT2D eigenvalue weighted by Crippen LogP contribution is 2.34. The maximum Gasteiger partial charge on any atom is 0.284 e. The lowest BCUT2D eigenvalue weighted by molar-refractivity contribution is -0.387. The van der Waals surface area contributed by atoms with Crippen molar-refractivity contribution >= 4 is 23.4 Å². The summed E-state index contributed by atoms with van der Waals surface area (Å²) in [7, 11) is 3.35. The Hall–Kier alpha value is -3.71. The van der Waals surface area contributed by atoms with Gasteiger partial charge in [-0.1, -0.05) is 12.1 Å². The Balaban J connectivity index is 1.83. The Labute approximate surface area is 170 Å². The molecule has 3 rings (SSSR count). The molecule has 3 aromatic rings. The number of aryl methyl sites for hydroxylation is 1. The van der Waals surface area contributed by atoms with E-state index in [1.807, 2.05) is 6.07 Å². The highest BCUT2D eigenvalue weighted by Gasteiger charge is 2.21. The fourth-order valence-corrected chi connectivity index (χ4v) is 3.50. The van der Waals surface area contributed by atoms with Crippen LogP contribution in [0.4, 0.5) is 5.69 Å². The Bertz CT molecular complexity index is 1120. The minimum absolute atomic E-state index is 0.177. The van der Waals surface area contributed by atoms with Crippen LogP contribution in [-0.2, 0) is 13.6 Å². The first kappa shape index (κ1) is 20.0. The van der Waals surface area contributed by atoms with E-state index in [0.717, 1.165) is 17.3 Å². The maximum atomic E-state index is 12.8. The molecule has 0 atom stereocenters. The molecule has 0 aliphatic heterocycles. The van der Waals surface area contributed by atoms with Gasteiger partial charge >= 0.3 is 0 Å². The van der Waals surface area contributed by atoms with Crippen molar-refractivity contribution in [2.75, 3.05) is 7.05 Å². The van der Waals surface area contributed by atoms with Gasteiger partial charge in [-0.2, -0.15) is 5.26 Å². The van der Waals surface area contributed by atoms with Crippen LogP contribution in [0.1, 0.15) is 21.5 Å². The summed E-state index contributed by atoms with van der Waals surface area (Å²) in [5, 5.41) is 28.7. The zero-order valence-corrected chi connectivity index (χ0v) is 16.5. The molecule has 0 bridgehead atoms. The minimum atomic E-state index is -0.522. The van der Waals surface area contributed by atoms with Crippen molar-refractivity contribution in [2.45, 2.75) is 16.6 Å². The molecule has 146 valence electrons. The van der Waals surface area contributed by atoms with Crippen LogP contribution in [0.25, 0.3) is 0 Å². The van der Waals surface area contributed by atoms with Gasteiger partial charge in [0.05, 0.1) is 21.5 Å². The van der Waals surface area contributed by atoms with E-state index in [1.54, 1.807) is 42.9 Å². The summed E-state index contributed by atoms with van der Waals surface area (Å²) >= 11 is 1.10. The molecule has 2 aromatic carbocycles. The number of carbonyl (C=O) groups excluding carboxylic acids is 1. The monoisotopic (exact) mass is 408 g/mol. The summed E-state index contributed by atoms with van der Waals surface area (Å²) in [4.78, 5) is 25.6. The van der Waals surface area contributed by atoms with Gasteiger partial charge in [-0.25, -0.2) is 0 Å². The second-order valence-electron chi connectivity index (χ2n) is 6.24. The molecular weight excluding hydrogens is 392 g/mol. The lowest BCUT2D eigenvalue weighted by Gasteiger charge is -2.17. The van der Waals surface area contributed by atoms with Gasteiger partial charge in [-0.15, -0.1) is 10.2 Å². The molecule has 29 heavy (non-hydrogen) atoms. The number of carbonyl (C=O) groups is 1. The molecule has 9 nitrogen and oxygen atoms in total. The van der Waals surface area contributed by atoms with Crippen LogP contribution in [0.3, 0.4) is 0 Å². The Morgan fingerprint density at radius 3 is 2.79 bits per heavy atom. The molecule has 10 heteroatoms. The van der Waals surface area contributed by atoms with E-state index >= 15 is 0 Å². The molecule has 0 unspecified atom stereocenters. The van der Waals surface area contributed by atoms with E-state index in [0.29, 0.717) is 15.6 Å². The zero-order chi connectivity index (χ0) is 21.0. The van der Waals surface area contributed by atoms with Crippen LogP contribution >= 0.6 is 11.8 Å². The van der Waals surface area contributed by atoms with E-state index < -0.39 is 4.92 Å². The van der Waals surface area contributed by atoms with Gasteiger partial charge in [0.2, 0.25) is 0 Å². The summed E-state index contributed by atoms with van der Waals surface area (Å²) in [6.45, 7) is 0.275. The highest BCUT2D eigenvalue weighted by molar-refractivity contribution is 7.99. The normalized spacial score (nSPS) is 10.4. The van der Waals surface area contributed by atoms with Crippen molar-refractivity contribution in [1.29, 1.82) is 5.26 Å². The van der Waals surface area contributed by atoms with E-state index in [4.69, 9.17) is 5.26 Å². The molecule has 0 fully saturated rings. The van der Waals surface area contributed by atoms with Crippen LogP contribution in [0.2, 0.25) is 0 Å². The van der Waals surface area contributed by atoms with Gasteiger partial charge < -0.3 is 9.47 Å². The second kappa shape index (κ2) is 8.53. The minimum Gasteiger partial charge on any atom is -0.337 e. The van der Waals surface area contributed by atoms with Crippen LogP contribution in [0, 0.1) is 21.4 Å². The molecule has 0 radical (unpaired) electrons. The summed E-state index contributed by atoms with van der Waals surface area (Å²) in [6.07, 6.45) is 1.50. The van der Waals surface area contributed by atoms with Crippen LogP contribution < -0.4 is 0 Å². The van der Waals surface area contributed by atoms with Crippen LogP contribution in [-0.4, -0.2) is 37.5 Å². The molecular formula is C19H16N6O3S. The van der Waals surface area contributed by atoms with Gasteiger partial charge in [0.25, 0.3) is 11.6 Å². The SMILES string of the molecule is CN(Cc1cccc(C#N)c1)C(=O)c1ccc(Sc2nncn2C)c([N+](=O)[O-])c1. The van der Waals surface area contributed by atoms with Crippen LogP contribution in [0.15, 0.2) is 58.8 Å². The third-order valence-electron chi connectivity index (χ3n) is 4.10. The summed E-state index contributed by atoms with van der Waals surface area (Å²) in [6, 6.07) is 13.4. The largest absolute Gasteiger partial charge is 0.337 e. The number of nitriles is 1. The standard InChI is InChI=1S/C19H16N6O3S/c1-23(11-14-5-3-4-13(8-14)10-20)18(26)15-6-7-17(16(9-15)25(27)28)29-19-22-21-12-24(19)2/h3-9,12H,11H2,1-2H3. The molecule has 0 aliphatic rings. The third-order valence-corrected chi connectivity index (χ3v) is 5.21. The van der Waals surface area contributed by atoms with E-state index in [9.17, 15) is 14.9 Å². The number of benzene rings is 2. The lowest BCUT2D eigenvalue weighted by atomic mass is 10.1. The van der Waals surface area contributed by atoms with Crippen molar-refractivity contribution in [3.05, 3.63) is 75.6 Å². The number of nitrogens with zero attached hydrogens (tertiary/aromatic N) is 6. The van der Waals surface area contributed by atoms with E-state index in [1.165, 1.54) is 23.4 Å². The fraction of sp³-hybridized carbons (Fsp3) is 0.158. The van der Waals surface area contributed by atoms with Crippen molar-refractivity contribution in [3.8, 4) is 6.07 Å². The topological polar surface area (TPSA) is 118 Å². The van der Waals surface area contributed by atoms with E-state index in [-0.39, 0.29) is 23.7 Å². The number of aromatic nitrogens is 3. The van der Waals surface area contributed by atoms with Gasteiger partial charge in [-0.3, -0.25) is 14.9 Å². The van der Waals surface area contributed by atoms with Crippen molar-refractivity contribution in [1.82, 2.24) is 19.7 Å². The van der Waals surface area contributed by atoms with Crippen molar-refractivity contribution < 1.29 is 9.72 Å². The molecule has 0 N–H and O–H groups in total. The molecule has 0 spiro atoms. The molecule has 1 aromatic heterocycles. The predicted octanol–water partition coefficient (Wildman–Crippen LogP) is 3.02. The lowest BCUT2D eigenvalue weighted by Crippen LogP contribution is -2.26. The Kier molecular flexibility index (Phi) is 5.90. The summed E-state index contributed by atoms with van der Waals surface area (Å²) < 4.78 is 1.65. The summed E-state index contributed by atoms with van der Waals surface area (Å²) in [5.41, 5.74) is 1.33. The number of rotatable bonds is 6. The first-order chi connectivity index (χ1) is 13.9. The number of nitro benzene ring substituents is 1. The maximum absolute atomic E-state index is 12.8. The molecule has 1 amide bonds. The number of amides is 1. The predicted molar refractivity (Wildman–Crippen MR) is 105 cm³/mol. The first-order valence-electron chi connectivity index (χ1n) is 8.44. The number of hydrogen-bond acceptors (Lipinski definition) is 7. The fourth-order valence-electron chi connectivity index (χ4n) is 2.65. The van der Waals surface area contributed by atoms with Crippen molar-refractivity contribution in [2.24, 2.45) is 7.05 Å². The first-order valence-corrected chi connectivity index (χ1v) is 9.25. The van der Waals surface area contributed by atoms with Gasteiger partial charge in [0, 0.05) is 32.3 Å². The second-order valence-corrected chi connectivity index (χ2v) is 7.25. The third kappa shape index (κ3) is 4.59. The van der Waals surface area contributed by atoms with Crippen LogP contribution in [0.5, 0.6) is 0 Å². The van der Waals surface area contributed by atoms with Gasteiger partial charge in [-0.05, 0) is 41.6 Å².